The van der Waals surface area contributed by atoms with Crippen LogP contribution in [0.1, 0.15) is 49.0 Å². The highest BCUT2D eigenvalue weighted by Gasteiger charge is 2.33. The summed E-state index contributed by atoms with van der Waals surface area (Å²) in [5.41, 5.74) is 1.13. The van der Waals surface area contributed by atoms with Gasteiger partial charge in [-0.1, -0.05) is 18.6 Å². The van der Waals surface area contributed by atoms with Crippen LogP contribution in [0, 0.1) is 4.77 Å². The number of aryl methyl sites for hydroxylation is 1. The van der Waals surface area contributed by atoms with Crippen LogP contribution in [0.3, 0.4) is 0 Å². The quantitative estimate of drug-likeness (QED) is 0.703. The predicted octanol–water partition coefficient (Wildman–Crippen LogP) is 3.13. The molecule has 0 bridgehead atoms. The molecule has 2 aliphatic heterocycles. The Morgan fingerprint density at radius 3 is 3.04 bits per heavy atom. The number of thiazole rings is 1. The number of para-hydroxylation sites is 1. The maximum absolute atomic E-state index is 5.75. The van der Waals surface area contributed by atoms with Gasteiger partial charge in [0.15, 0.2) is 11.7 Å². The monoisotopic (exact) mass is 386 g/mol. The van der Waals surface area contributed by atoms with E-state index in [1.165, 1.54) is 54.2 Å². The number of nitrogens with zero attached hydrogens (tertiary/aromatic N) is 4. The second kappa shape index (κ2) is 6.87. The van der Waals surface area contributed by atoms with Gasteiger partial charge in [0.05, 0.1) is 16.8 Å². The molecular formula is C19H24N5S2+. The zero-order valence-corrected chi connectivity index (χ0v) is 16.5. The van der Waals surface area contributed by atoms with E-state index in [1.54, 1.807) is 4.90 Å². The van der Waals surface area contributed by atoms with E-state index in [2.05, 4.69) is 33.5 Å². The van der Waals surface area contributed by atoms with Crippen LogP contribution in [-0.2, 0) is 19.6 Å². The van der Waals surface area contributed by atoms with Crippen molar-refractivity contribution in [2.75, 3.05) is 6.54 Å². The van der Waals surface area contributed by atoms with E-state index in [0.29, 0.717) is 6.04 Å². The number of quaternary nitrogens is 1. The molecule has 136 valence electrons. The van der Waals surface area contributed by atoms with Crippen LogP contribution in [0.5, 0.6) is 0 Å². The standard InChI is InChI=1S/C19H23N5S2/c25-19-23-12-5-1-2-10-17(23)21-24(19)13-22-11-6-8-15(22)18-20-14-7-3-4-9-16(14)26-18/h3-4,7,9,15H,1-2,5-6,8,10-13H2/p+1/t15-/m0/s1. The fraction of sp³-hybridized carbons (Fsp3) is 0.526. The first-order chi connectivity index (χ1) is 12.8. The first-order valence-corrected chi connectivity index (χ1v) is 10.9. The Morgan fingerprint density at radius 1 is 1.19 bits per heavy atom. The van der Waals surface area contributed by atoms with Gasteiger partial charge in [0.1, 0.15) is 11.9 Å². The van der Waals surface area contributed by atoms with Crippen molar-refractivity contribution in [1.82, 2.24) is 19.3 Å². The predicted molar refractivity (Wildman–Crippen MR) is 106 cm³/mol. The molecule has 0 radical (unpaired) electrons. The molecule has 2 aliphatic rings. The molecule has 0 aliphatic carbocycles. The maximum Gasteiger partial charge on any atom is 0.202 e. The first-order valence-electron chi connectivity index (χ1n) is 9.66. The number of hydrogen-bond acceptors (Lipinski definition) is 4. The summed E-state index contributed by atoms with van der Waals surface area (Å²) in [6, 6.07) is 8.93. The van der Waals surface area contributed by atoms with Crippen molar-refractivity contribution in [2.24, 2.45) is 0 Å². The van der Waals surface area contributed by atoms with Crippen molar-refractivity contribution in [2.45, 2.75) is 57.8 Å². The Kier molecular flexibility index (Phi) is 4.38. The molecule has 7 heteroatoms. The zero-order valence-electron chi connectivity index (χ0n) is 14.9. The lowest BCUT2D eigenvalue weighted by atomic mass is 10.2. The minimum atomic E-state index is 0.468. The van der Waals surface area contributed by atoms with Gasteiger partial charge in [0, 0.05) is 25.8 Å². The van der Waals surface area contributed by atoms with Crippen LogP contribution in [0.25, 0.3) is 10.2 Å². The third kappa shape index (κ3) is 2.92. The highest BCUT2D eigenvalue weighted by molar-refractivity contribution is 7.71. The molecule has 1 saturated heterocycles. The second-order valence-electron chi connectivity index (χ2n) is 7.44. The van der Waals surface area contributed by atoms with Crippen molar-refractivity contribution in [3.8, 4) is 0 Å². The Labute approximate surface area is 162 Å². The molecule has 5 nitrogen and oxygen atoms in total. The number of benzene rings is 1. The summed E-state index contributed by atoms with van der Waals surface area (Å²) in [6.45, 7) is 3.06. The molecule has 0 amide bonds. The molecular weight excluding hydrogens is 362 g/mol. The smallest absolute Gasteiger partial charge is 0.202 e. The van der Waals surface area contributed by atoms with E-state index in [1.807, 2.05) is 11.3 Å². The van der Waals surface area contributed by atoms with Crippen molar-refractivity contribution >= 4 is 33.8 Å². The van der Waals surface area contributed by atoms with Gasteiger partial charge in [-0.3, -0.25) is 0 Å². The number of nitrogens with one attached hydrogen (secondary N) is 1. The fourth-order valence-corrected chi connectivity index (χ4v) is 5.82. The van der Waals surface area contributed by atoms with Crippen LogP contribution in [0.4, 0.5) is 0 Å². The lowest BCUT2D eigenvalue weighted by Gasteiger charge is -2.19. The minimum Gasteiger partial charge on any atom is -0.308 e. The molecule has 2 atom stereocenters. The lowest BCUT2D eigenvalue weighted by Crippen LogP contribution is -3.09. The molecule has 1 N–H and O–H groups in total. The van der Waals surface area contributed by atoms with Crippen LogP contribution in [0.15, 0.2) is 24.3 Å². The first kappa shape index (κ1) is 16.6. The van der Waals surface area contributed by atoms with E-state index in [0.717, 1.165) is 29.9 Å². The van der Waals surface area contributed by atoms with Gasteiger partial charge in [-0.05, 0) is 37.2 Å². The largest absolute Gasteiger partial charge is 0.308 e. The number of rotatable bonds is 3. The summed E-state index contributed by atoms with van der Waals surface area (Å²) in [5.74, 6) is 1.18. The molecule has 1 unspecified atom stereocenters. The summed E-state index contributed by atoms with van der Waals surface area (Å²) in [7, 11) is 0. The van der Waals surface area contributed by atoms with Crippen molar-refractivity contribution in [1.29, 1.82) is 0 Å². The van der Waals surface area contributed by atoms with Gasteiger partial charge in [-0.2, -0.15) is 9.78 Å². The fourth-order valence-electron chi connectivity index (χ4n) is 4.36. The average molecular weight is 387 g/mol. The van der Waals surface area contributed by atoms with E-state index in [-0.39, 0.29) is 0 Å². The summed E-state index contributed by atoms with van der Waals surface area (Å²) in [5, 5.41) is 6.15. The van der Waals surface area contributed by atoms with Gasteiger partial charge in [0.25, 0.3) is 0 Å². The Bertz CT molecular complexity index is 952. The lowest BCUT2D eigenvalue weighted by molar-refractivity contribution is -0.941. The number of hydrogen-bond donors (Lipinski definition) is 1. The molecule has 1 fully saturated rings. The van der Waals surface area contributed by atoms with Crippen molar-refractivity contribution in [3.63, 3.8) is 0 Å². The number of fused-ring (bicyclic) bond motifs is 2. The minimum absolute atomic E-state index is 0.468. The molecule has 26 heavy (non-hydrogen) atoms. The van der Waals surface area contributed by atoms with Crippen LogP contribution in [0.2, 0.25) is 0 Å². The highest BCUT2D eigenvalue weighted by Crippen LogP contribution is 2.28. The van der Waals surface area contributed by atoms with Gasteiger partial charge in [0.2, 0.25) is 4.77 Å². The average Bonchev–Trinajstić information content (AvgIpc) is 3.30. The summed E-state index contributed by atoms with van der Waals surface area (Å²) in [4.78, 5) is 6.47. The molecule has 3 aromatic rings. The van der Waals surface area contributed by atoms with Gasteiger partial charge >= 0.3 is 0 Å². The molecule has 1 aromatic carbocycles. The van der Waals surface area contributed by atoms with Gasteiger partial charge in [-0.25, -0.2) is 4.98 Å². The van der Waals surface area contributed by atoms with E-state index in [9.17, 15) is 0 Å². The van der Waals surface area contributed by atoms with Crippen molar-refractivity contribution in [3.05, 3.63) is 39.9 Å². The van der Waals surface area contributed by atoms with E-state index >= 15 is 0 Å². The normalized spacial score (nSPS) is 23.2. The third-order valence-corrected chi connectivity index (χ3v) is 7.31. The van der Waals surface area contributed by atoms with Crippen LogP contribution >= 0.6 is 23.6 Å². The topological polar surface area (TPSA) is 40.1 Å². The van der Waals surface area contributed by atoms with E-state index in [4.69, 9.17) is 22.3 Å². The Morgan fingerprint density at radius 2 is 2.12 bits per heavy atom. The Balaban J connectivity index is 1.42. The second-order valence-corrected chi connectivity index (χ2v) is 8.87. The SMILES string of the molecule is S=c1n(C[NH+]2CCC[C@H]2c2nc3ccccc3s2)nc2n1CCCCC2. The Hall–Kier alpha value is -1.57. The van der Waals surface area contributed by atoms with Gasteiger partial charge in [-0.15, -0.1) is 11.3 Å². The summed E-state index contributed by atoms with van der Waals surface area (Å²) >= 11 is 7.60. The van der Waals surface area contributed by atoms with E-state index < -0.39 is 0 Å². The summed E-state index contributed by atoms with van der Waals surface area (Å²) in [6.07, 6.45) is 7.25. The molecule has 5 rings (SSSR count). The number of aromatic nitrogens is 4. The molecule has 4 heterocycles. The zero-order chi connectivity index (χ0) is 17.5. The maximum atomic E-state index is 5.75. The molecule has 0 saturated carbocycles. The molecule has 2 aromatic heterocycles. The van der Waals surface area contributed by atoms with Crippen molar-refractivity contribution < 1.29 is 4.90 Å². The van der Waals surface area contributed by atoms with Crippen LogP contribution in [-0.4, -0.2) is 25.9 Å². The third-order valence-electron chi connectivity index (χ3n) is 5.73. The summed E-state index contributed by atoms with van der Waals surface area (Å²) < 4.78 is 6.55. The van der Waals surface area contributed by atoms with Crippen LogP contribution < -0.4 is 4.90 Å². The number of likely N-dealkylation sites (tertiary alicyclic amines) is 1. The molecule has 0 spiro atoms. The highest BCUT2D eigenvalue weighted by atomic mass is 32.1. The van der Waals surface area contributed by atoms with Gasteiger partial charge < -0.3 is 9.47 Å².